The highest BCUT2D eigenvalue weighted by molar-refractivity contribution is 7.99. The van der Waals surface area contributed by atoms with Crippen molar-refractivity contribution in [2.75, 3.05) is 12.4 Å². The van der Waals surface area contributed by atoms with Crippen molar-refractivity contribution in [3.8, 4) is 0 Å². The van der Waals surface area contributed by atoms with E-state index in [0.717, 1.165) is 9.79 Å². The number of amides is 1. The Hall–Kier alpha value is -1.58. The van der Waals surface area contributed by atoms with E-state index in [0.29, 0.717) is 5.02 Å². The van der Waals surface area contributed by atoms with Gasteiger partial charge in [0.1, 0.15) is 0 Å². The van der Waals surface area contributed by atoms with Crippen molar-refractivity contribution in [3.05, 3.63) is 53.6 Å². The van der Waals surface area contributed by atoms with Gasteiger partial charge < -0.3 is 5.11 Å². The lowest BCUT2D eigenvalue weighted by Gasteiger charge is -2.20. The molecule has 6 nitrogen and oxygen atoms in total. The number of hydrogen-bond acceptors (Lipinski definition) is 6. The van der Waals surface area contributed by atoms with Gasteiger partial charge in [0, 0.05) is 14.8 Å². The molecule has 25 heavy (non-hydrogen) atoms. The SMILES string of the molecule is O=CN(O)C(CO)CS(=O)(=O)c1ccc(Sc2ccc(Cl)cc2)cc1. The fraction of sp³-hybridized carbons (Fsp3) is 0.188. The van der Waals surface area contributed by atoms with Crippen molar-refractivity contribution in [2.45, 2.75) is 20.7 Å². The van der Waals surface area contributed by atoms with Crippen LogP contribution in [-0.4, -0.2) is 48.6 Å². The van der Waals surface area contributed by atoms with Crippen LogP contribution >= 0.6 is 23.4 Å². The monoisotopic (exact) mass is 401 g/mol. The number of sulfone groups is 1. The third-order valence-electron chi connectivity index (χ3n) is 3.34. The number of carbonyl (C=O) groups excluding carboxylic acids is 1. The average Bonchev–Trinajstić information content (AvgIpc) is 2.61. The molecule has 2 aromatic rings. The Kier molecular flexibility index (Phi) is 6.86. The van der Waals surface area contributed by atoms with Gasteiger partial charge in [0.05, 0.1) is 23.3 Å². The standard InChI is InChI=1S/C16H16ClNO5S2/c17-12-1-3-14(4-2-12)24-15-5-7-16(8-6-15)25(22,23)10-13(9-19)18(21)11-20/h1-8,11,13,19,21H,9-10H2. The lowest BCUT2D eigenvalue weighted by Crippen LogP contribution is -2.39. The first-order chi connectivity index (χ1) is 11.9. The van der Waals surface area contributed by atoms with Gasteiger partial charge in [-0.3, -0.25) is 10.0 Å². The first-order valence-corrected chi connectivity index (χ1v) is 10.00. The Bertz CT molecular complexity index is 809. The third-order valence-corrected chi connectivity index (χ3v) is 6.42. The van der Waals surface area contributed by atoms with Gasteiger partial charge >= 0.3 is 0 Å². The Morgan fingerprint density at radius 2 is 1.60 bits per heavy atom. The molecule has 2 N–H and O–H groups in total. The summed E-state index contributed by atoms with van der Waals surface area (Å²) in [4.78, 5) is 12.4. The zero-order chi connectivity index (χ0) is 18.4. The molecule has 0 aromatic heterocycles. The highest BCUT2D eigenvalue weighted by Gasteiger charge is 2.24. The highest BCUT2D eigenvalue weighted by atomic mass is 35.5. The molecular weight excluding hydrogens is 386 g/mol. The minimum atomic E-state index is -3.77. The predicted molar refractivity (Wildman–Crippen MR) is 94.6 cm³/mol. The Balaban J connectivity index is 2.12. The summed E-state index contributed by atoms with van der Waals surface area (Å²) in [5, 5.41) is 19.2. The number of aliphatic hydroxyl groups is 1. The zero-order valence-electron chi connectivity index (χ0n) is 12.9. The summed E-state index contributed by atoms with van der Waals surface area (Å²) in [5.41, 5.74) is 0. The summed E-state index contributed by atoms with van der Waals surface area (Å²) in [6, 6.07) is 12.3. The summed E-state index contributed by atoms with van der Waals surface area (Å²) in [6.07, 6.45) is 0.0578. The number of hydrogen-bond donors (Lipinski definition) is 2. The van der Waals surface area contributed by atoms with E-state index in [1.54, 1.807) is 24.3 Å². The maximum atomic E-state index is 12.3. The molecule has 0 fully saturated rings. The summed E-state index contributed by atoms with van der Waals surface area (Å²) >= 11 is 7.29. The molecule has 1 amide bonds. The molecule has 0 heterocycles. The van der Waals surface area contributed by atoms with Gasteiger partial charge in [-0.15, -0.1) is 0 Å². The van der Waals surface area contributed by atoms with Gasteiger partial charge in [-0.1, -0.05) is 23.4 Å². The molecule has 0 saturated carbocycles. The number of aliphatic hydroxyl groups excluding tert-OH is 1. The van der Waals surface area contributed by atoms with Crippen molar-refractivity contribution < 1.29 is 23.5 Å². The minimum absolute atomic E-state index is 0.0469. The van der Waals surface area contributed by atoms with Crippen molar-refractivity contribution in [2.24, 2.45) is 0 Å². The molecule has 1 atom stereocenters. The molecule has 0 aliphatic rings. The molecular formula is C16H16ClNO5S2. The zero-order valence-corrected chi connectivity index (χ0v) is 15.3. The number of hydroxylamine groups is 2. The third kappa shape index (κ3) is 5.45. The van der Waals surface area contributed by atoms with Crippen molar-refractivity contribution in [1.29, 1.82) is 0 Å². The molecule has 2 aromatic carbocycles. The molecule has 134 valence electrons. The van der Waals surface area contributed by atoms with E-state index in [-0.39, 0.29) is 16.4 Å². The summed E-state index contributed by atoms with van der Waals surface area (Å²) in [5.74, 6) is -0.581. The van der Waals surface area contributed by atoms with E-state index in [1.165, 1.54) is 23.9 Å². The number of carbonyl (C=O) groups is 1. The molecule has 1 unspecified atom stereocenters. The molecule has 2 rings (SSSR count). The van der Waals surface area contributed by atoms with E-state index < -0.39 is 28.2 Å². The first-order valence-electron chi connectivity index (χ1n) is 7.15. The van der Waals surface area contributed by atoms with E-state index >= 15 is 0 Å². The lowest BCUT2D eigenvalue weighted by molar-refractivity contribution is -0.161. The van der Waals surface area contributed by atoms with Gasteiger partial charge in [-0.05, 0) is 48.5 Å². The van der Waals surface area contributed by atoms with E-state index in [4.69, 9.17) is 16.7 Å². The van der Waals surface area contributed by atoms with Gasteiger partial charge in [0.25, 0.3) is 0 Å². The van der Waals surface area contributed by atoms with Crippen LogP contribution in [0.2, 0.25) is 5.02 Å². The van der Waals surface area contributed by atoms with Crippen molar-refractivity contribution in [1.82, 2.24) is 5.06 Å². The van der Waals surface area contributed by atoms with Crippen LogP contribution in [0.5, 0.6) is 0 Å². The Morgan fingerprint density at radius 3 is 2.08 bits per heavy atom. The Morgan fingerprint density at radius 1 is 1.08 bits per heavy atom. The largest absolute Gasteiger partial charge is 0.394 e. The maximum Gasteiger partial charge on any atom is 0.233 e. The fourth-order valence-corrected chi connectivity index (χ4v) is 4.45. The molecule has 0 bridgehead atoms. The molecule has 0 spiro atoms. The molecule has 9 heteroatoms. The fourth-order valence-electron chi connectivity index (χ4n) is 2.00. The van der Waals surface area contributed by atoms with E-state index in [2.05, 4.69) is 0 Å². The summed E-state index contributed by atoms with van der Waals surface area (Å²) in [6.45, 7) is -0.668. The first kappa shape index (κ1) is 19.7. The summed E-state index contributed by atoms with van der Waals surface area (Å²) < 4.78 is 24.7. The second kappa shape index (κ2) is 8.68. The van der Waals surface area contributed by atoms with Crippen LogP contribution in [0.1, 0.15) is 0 Å². The highest BCUT2D eigenvalue weighted by Crippen LogP contribution is 2.29. The van der Waals surface area contributed by atoms with E-state index in [1.807, 2.05) is 12.1 Å². The van der Waals surface area contributed by atoms with Gasteiger partial charge in [0.2, 0.25) is 6.41 Å². The molecule has 0 aliphatic carbocycles. The van der Waals surface area contributed by atoms with Crippen LogP contribution in [0, 0.1) is 0 Å². The second-order valence-corrected chi connectivity index (χ2v) is 8.75. The van der Waals surface area contributed by atoms with E-state index in [9.17, 15) is 18.4 Å². The maximum absolute atomic E-state index is 12.3. The van der Waals surface area contributed by atoms with Crippen LogP contribution in [0.3, 0.4) is 0 Å². The second-order valence-electron chi connectivity index (χ2n) is 5.13. The smallest absolute Gasteiger partial charge is 0.233 e. The molecule has 0 saturated heterocycles. The number of nitrogens with zero attached hydrogens (tertiary/aromatic N) is 1. The minimum Gasteiger partial charge on any atom is -0.394 e. The lowest BCUT2D eigenvalue weighted by atomic mass is 10.4. The topological polar surface area (TPSA) is 94.9 Å². The normalized spacial score (nSPS) is 12.6. The predicted octanol–water partition coefficient (Wildman–Crippen LogP) is 2.47. The van der Waals surface area contributed by atoms with Crippen molar-refractivity contribution >= 4 is 39.6 Å². The van der Waals surface area contributed by atoms with Gasteiger partial charge in [0.15, 0.2) is 9.84 Å². The summed E-state index contributed by atoms with van der Waals surface area (Å²) in [7, 11) is -3.77. The van der Waals surface area contributed by atoms with Crippen LogP contribution in [0.15, 0.2) is 63.2 Å². The quantitative estimate of drug-likeness (QED) is 0.401. The van der Waals surface area contributed by atoms with Crippen LogP contribution in [0.25, 0.3) is 0 Å². The molecule has 0 aliphatic heterocycles. The van der Waals surface area contributed by atoms with Gasteiger partial charge in [-0.2, -0.15) is 0 Å². The van der Waals surface area contributed by atoms with Crippen LogP contribution in [-0.2, 0) is 14.6 Å². The average molecular weight is 402 g/mol. The number of benzene rings is 2. The Labute approximate surface area is 154 Å². The number of rotatable bonds is 8. The van der Waals surface area contributed by atoms with Crippen LogP contribution in [0.4, 0.5) is 0 Å². The number of halogens is 1. The van der Waals surface area contributed by atoms with Crippen molar-refractivity contribution in [3.63, 3.8) is 0 Å². The van der Waals surface area contributed by atoms with Gasteiger partial charge in [-0.25, -0.2) is 13.5 Å². The molecule has 0 radical (unpaired) electrons. The van der Waals surface area contributed by atoms with Crippen LogP contribution < -0.4 is 0 Å².